The maximum Gasteiger partial charge on any atom is 0.262 e. The SMILES string of the molecule is CCOc1ccc(Cl)cc1/C=C(\C#N)C(=O)NCc1ccc(OC)cc1OC. The molecular formula is C21H21ClN2O4. The van der Waals surface area contributed by atoms with Gasteiger partial charge >= 0.3 is 0 Å². The van der Waals surface area contributed by atoms with Crippen molar-refractivity contribution in [2.45, 2.75) is 13.5 Å². The molecule has 0 unspecified atom stereocenters. The lowest BCUT2D eigenvalue weighted by molar-refractivity contribution is -0.117. The van der Waals surface area contributed by atoms with Crippen LogP contribution in [-0.2, 0) is 11.3 Å². The molecule has 0 heterocycles. The van der Waals surface area contributed by atoms with Gasteiger partial charge in [0.2, 0.25) is 0 Å². The van der Waals surface area contributed by atoms with Crippen molar-refractivity contribution in [2.75, 3.05) is 20.8 Å². The van der Waals surface area contributed by atoms with Crippen molar-refractivity contribution in [1.82, 2.24) is 5.32 Å². The molecule has 0 bridgehead atoms. The summed E-state index contributed by atoms with van der Waals surface area (Å²) in [6.07, 6.45) is 1.46. The van der Waals surface area contributed by atoms with E-state index in [9.17, 15) is 10.1 Å². The molecule has 0 aliphatic carbocycles. The van der Waals surface area contributed by atoms with Gasteiger partial charge < -0.3 is 19.5 Å². The number of ether oxygens (including phenoxy) is 3. The number of nitrogens with zero attached hydrogens (tertiary/aromatic N) is 1. The summed E-state index contributed by atoms with van der Waals surface area (Å²) in [6.45, 7) is 2.49. The zero-order valence-electron chi connectivity index (χ0n) is 15.9. The van der Waals surface area contributed by atoms with Gasteiger partial charge in [0.05, 0.1) is 20.8 Å². The lowest BCUT2D eigenvalue weighted by atomic mass is 10.1. The van der Waals surface area contributed by atoms with E-state index in [1.807, 2.05) is 13.0 Å². The van der Waals surface area contributed by atoms with Crippen molar-refractivity contribution in [2.24, 2.45) is 0 Å². The van der Waals surface area contributed by atoms with Crippen molar-refractivity contribution in [1.29, 1.82) is 5.26 Å². The first-order valence-electron chi connectivity index (χ1n) is 8.55. The Morgan fingerprint density at radius 1 is 1.18 bits per heavy atom. The molecule has 0 atom stereocenters. The Bertz CT molecular complexity index is 919. The zero-order valence-corrected chi connectivity index (χ0v) is 16.7. The zero-order chi connectivity index (χ0) is 20.5. The third-order valence-corrected chi connectivity index (χ3v) is 4.11. The number of halogens is 1. The number of benzene rings is 2. The van der Waals surface area contributed by atoms with Gasteiger partial charge in [-0.1, -0.05) is 11.6 Å². The fourth-order valence-electron chi connectivity index (χ4n) is 2.49. The smallest absolute Gasteiger partial charge is 0.262 e. The van der Waals surface area contributed by atoms with Gasteiger partial charge in [0.25, 0.3) is 5.91 Å². The highest BCUT2D eigenvalue weighted by Gasteiger charge is 2.13. The van der Waals surface area contributed by atoms with Gasteiger partial charge in [-0.25, -0.2) is 0 Å². The number of carbonyl (C=O) groups is 1. The maximum absolute atomic E-state index is 12.5. The minimum atomic E-state index is -0.511. The molecule has 0 aromatic heterocycles. The molecule has 0 radical (unpaired) electrons. The summed E-state index contributed by atoms with van der Waals surface area (Å²) in [4.78, 5) is 12.5. The van der Waals surface area contributed by atoms with Crippen LogP contribution in [0.25, 0.3) is 6.08 Å². The Balaban J connectivity index is 2.20. The van der Waals surface area contributed by atoms with Crippen molar-refractivity contribution in [3.63, 3.8) is 0 Å². The lowest BCUT2D eigenvalue weighted by Crippen LogP contribution is -2.24. The largest absolute Gasteiger partial charge is 0.497 e. The normalized spacial score (nSPS) is 10.8. The standard InChI is InChI=1S/C21H21ClN2O4/c1-4-28-19-8-6-17(22)10-15(19)9-16(12-23)21(25)24-13-14-5-7-18(26-2)11-20(14)27-3/h5-11H,4,13H2,1-3H3,(H,24,25)/b16-9+. The van der Waals surface area contributed by atoms with Crippen LogP contribution in [-0.4, -0.2) is 26.7 Å². The number of hydrogen-bond donors (Lipinski definition) is 1. The fraction of sp³-hybridized carbons (Fsp3) is 0.238. The van der Waals surface area contributed by atoms with Crippen LogP contribution >= 0.6 is 11.6 Å². The molecule has 0 aliphatic rings. The molecule has 1 amide bonds. The third-order valence-electron chi connectivity index (χ3n) is 3.87. The Morgan fingerprint density at radius 3 is 2.61 bits per heavy atom. The number of nitriles is 1. The van der Waals surface area contributed by atoms with Crippen LogP contribution in [0.3, 0.4) is 0 Å². The quantitative estimate of drug-likeness (QED) is 0.535. The van der Waals surface area contributed by atoms with Gasteiger partial charge in [-0.2, -0.15) is 5.26 Å². The summed E-state index contributed by atoms with van der Waals surface area (Å²) in [5.41, 5.74) is 1.26. The Labute approximate surface area is 169 Å². The molecular weight excluding hydrogens is 380 g/mol. The topological polar surface area (TPSA) is 80.6 Å². The number of methoxy groups -OCH3 is 2. The van der Waals surface area contributed by atoms with E-state index >= 15 is 0 Å². The minimum Gasteiger partial charge on any atom is -0.497 e. The number of nitrogens with one attached hydrogen (secondary N) is 1. The first-order valence-corrected chi connectivity index (χ1v) is 8.93. The summed E-state index contributed by atoms with van der Waals surface area (Å²) in [7, 11) is 3.10. The first-order chi connectivity index (χ1) is 13.5. The van der Waals surface area contributed by atoms with Crippen LogP contribution in [0.4, 0.5) is 0 Å². The molecule has 2 rings (SSSR count). The molecule has 2 aromatic carbocycles. The number of hydrogen-bond acceptors (Lipinski definition) is 5. The van der Waals surface area contributed by atoms with Gasteiger partial charge in [0.15, 0.2) is 0 Å². The van der Waals surface area contributed by atoms with E-state index in [0.29, 0.717) is 34.4 Å². The van der Waals surface area contributed by atoms with Crippen LogP contribution in [0.1, 0.15) is 18.1 Å². The lowest BCUT2D eigenvalue weighted by Gasteiger charge is -2.11. The van der Waals surface area contributed by atoms with Crippen LogP contribution in [0.2, 0.25) is 5.02 Å². The summed E-state index contributed by atoms with van der Waals surface area (Å²) in [6, 6.07) is 12.2. The van der Waals surface area contributed by atoms with Crippen LogP contribution in [0.15, 0.2) is 42.0 Å². The summed E-state index contributed by atoms with van der Waals surface area (Å²) >= 11 is 6.03. The number of rotatable bonds is 8. The molecule has 6 nitrogen and oxygen atoms in total. The van der Waals surface area contributed by atoms with Crippen LogP contribution in [0, 0.1) is 11.3 Å². The molecule has 28 heavy (non-hydrogen) atoms. The van der Waals surface area contributed by atoms with Gasteiger partial charge in [-0.3, -0.25) is 4.79 Å². The van der Waals surface area contributed by atoms with E-state index in [-0.39, 0.29) is 12.1 Å². The minimum absolute atomic E-state index is 0.0595. The van der Waals surface area contributed by atoms with E-state index in [1.54, 1.807) is 43.5 Å². The molecule has 146 valence electrons. The maximum atomic E-state index is 12.5. The highest BCUT2D eigenvalue weighted by atomic mass is 35.5. The summed E-state index contributed by atoms with van der Waals surface area (Å²) in [5.74, 6) is 1.26. The van der Waals surface area contributed by atoms with Crippen LogP contribution < -0.4 is 19.5 Å². The van der Waals surface area contributed by atoms with E-state index in [2.05, 4.69) is 5.32 Å². The Morgan fingerprint density at radius 2 is 1.96 bits per heavy atom. The Kier molecular flexibility index (Phi) is 7.73. The Hall–Kier alpha value is -3.17. The predicted molar refractivity (Wildman–Crippen MR) is 108 cm³/mol. The average molecular weight is 401 g/mol. The van der Waals surface area contributed by atoms with Gasteiger partial charge in [-0.05, 0) is 43.3 Å². The molecule has 0 fully saturated rings. The fourth-order valence-corrected chi connectivity index (χ4v) is 2.67. The average Bonchev–Trinajstić information content (AvgIpc) is 2.71. The first kappa shape index (κ1) is 21.1. The van der Waals surface area contributed by atoms with E-state index in [0.717, 1.165) is 5.56 Å². The second kappa shape index (κ2) is 10.2. The molecule has 0 aliphatic heterocycles. The van der Waals surface area contributed by atoms with Gasteiger partial charge in [0.1, 0.15) is 28.9 Å². The van der Waals surface area contributed by atoms with Crippen molar-refractivity contribution >= 4 is 23.6 Å². The van der Waals surface area contributed by atoms with Crippen molar-refractivity contribution in [3.8, 4) is 23.3 Å². The van der Waals surface area contributed by atoms with E-state index in [4.69, 9.17) is 25.8 Å². The van der Waals surface area contributed by atoms with Crippen molar-refractivity contribution < 1.29 is 19.0 Å². The second-order valence-corrected chi connectivity index (χ2v) is 6.08. The molecule has 0 spiro atoms. The van der Waals surface area contributed by atoms with Crippen LogP contribution in [0.5, 0.6) is 17.2 Å². The van der Waals surface area contributed by atoms with Crippen molar-refractivity contribution in [3.05, 3.63) is 58.1 Å². The molecule has 0 saturated carbocycles. The molecule has 1 N–H and O–H groups in total. The summed E-state index contributed by atoms with van der Waals surface area (Å²) < 4.78 is 16.0. The molecule has 0 saturated heterocycles. The highest BCUT2D eigenvalue weighted by molar-refractivity contribution is 6.30. The monoisotopic (exact) mass is 400 g/mol. The highest BCUT2D eigenvalue weighted by Crippen LogP contribution is 2.26. The second-order valence-electron chi connectivity index (χ2n) is 5.65. The summed E-state index contributed by atoms with van der Waals surface area (Å²) in [5, 5.41) is 12.6. The number of carbonyl (C=O) groups excluding carboxylic acids is 1. The predicted octanol–water partition coefficient (Wildman–Crippen LogP) is 3.98. The van der Waals surface area contributed by atoms with E-state index < -0.39 is 5.91 Å². The van der Waals surface area contributed by atoms with E-state index in [1.165, 1.54) is 13.2 Å². The molecule has 2 aromatic rings. The van der Waals surface area contributed by atoms with Gasteiger partial charge in [0, 0.05) is 28.8 Å². The number of amides is 1. The third kappa shape index (κ3) is 5.41. The molecule has 7 heteroatoms. The van der Waals surface area contributed by atoms with Gasteiger partial charge in [-0.15, -0.1) is 0 Å².